The van der Waals surface area contributed by atoms with Crippen LogP contribution in [0.5, 0.6) is 11.5 Å². The van der Waals surface area contributed by atoms with Crippen LogP contribution < -0.4 is 14.5 Å². The predicted octanol–water partition coefficient (Wildman–Crippen LogP) is 9.90. The number of para-hydroxylation sites is 3. The molecular weight excluding hydrogens is 528 g/mol. The molecule has 7 rings (SSSR count). The molecule has 0 fully saturated rings. The summed E-state index contributed by atoms with van der Waals surface area (Å²) in [5, 5.41) is 2.28. The van der Waals surface area contributed by atoms with Gasteiger partial charge in [-0.3, -0.25) is 4.57 Å². The number of aromatic nitrogens is 2. The molecule has 1 atom stereocenters. The first-order valence-corrected chi connectivity index (χ1v) is 14.9. The van der Waals surface area contributed by atoms with Crippen LogP contribution in [0.15, 0.2) is 103 Å². The van der Waals surface area contributed by atoms with Crippen LogP contribution in [0.3, 0.4) is 0 Å². The van der Waals surface area contributed by atoms with Crippen molar-refractivity contribution < 1.29 is 8.85 Å². The Balaban J connectivity index is 1.32. The van der Waals surface area contributed by atoms with Crippen LogP contribution in [-0.4, -0.2) is 22.7 Å². The van der Waals surface area contributed by atoms with E-state index in [0.717, 1.165) is 44.6 Å². The van der Waals surface area contributed by atoms with E-state index in [2.05, 4.69) is 78.8 Å². The van der Waals surface area contributed by atoms with Gasteiger partial charge in [0.05, 0.1) is 22.4 Å². The van der Waals surface area contributed by atoms with Crippen LogP contribution >= 0.6 is 0 Å². The summed E-state index contributed by atoms with van der Waals surface area (Å²) in [7, 11) is 0. The minimum absolute atomic E-state index is 0.0135. The Morgan fingerprint density at radius 3 is 2.35 bits per heavy atom. The lowest BCUT2D eigenvalue weighted by Gasteiger charge is -2.31. The van der Waals surface area contributed by atoms with Crippen molar-refractivity contribution in [3.05, 3.63) is 114 Å². The molecule has 0 radical (unpaired) electrons. The van der Waals surface area contributed by atoms with Gasteiger partial charge in [0.15, 0.2) is 0 Å². The number of pyridine rings is 1. The van der Waals surface area contributed by atoms with Crippen molar-refractivity contribution in [1.29, 1.82) is 0 Å². The lowest BCUT2D eigenvalue weighted by Crippen LogP contribution is -2.38. The number of hydrogen-bond acceptors (Lipinski definition) is 4. The molecule has 0 spiro atoms. The molecule has 0 saturated carbocycles. The van der Waals surface area contributed by atoms with Crippen LogP contribution in [0.1, 0.15) is 49.4 Å². The molecule has 0 N–H and O–H groups in total. The van der Waals surface area contributed by atoms with E-state index in [1.165, 1.54) is 5.56 Å². The van der Waals surface area contributed by atoms with E-state index in [-0.39, 0.29) is 11.6 Å². The third-order valence-corrected chi connectivity index (χ3v) is 8.59. The van der Waals surface area contributed by atoms with Gasteiger partial charge in [0.1, 0.15) is 23.5 Å². The molecular formula is C38H38N4O. The zero-order valence-electron chi connectivity index (χ0n) is 28.3. The van der Waals surface area contributed by atoms with Crippen molar-refractivity contribution in [2.24, 2.45) is 0 Å². The van der Waals surface area contributed by atoms with Crippen molar-refractivity contribution in [3.63, 3.8) is 0 Å². The Bertz CT molecular complexity index is 2090. The first-order chi connectivity index (χ1) is 22.0. The lowest BCUT2D eigenvalue weighted by atomic mass is 9.88. The Labute approximate surface area is 258 Å². The highest BCUT2D eigenvalue weighted by Crippen LogP contribution is 2.46. The van der Waals surface area contributed by atoms with Gasteiger partial charge in [0.25, 0.3) is 0 Å². The summed E-state index contributed by atoms with van der Waals surface area (Å²) in [6.07, 6.45) is 2.16. The van der Waals surface area contributed by atoms with Crippen molar-refractivity contribution in [1.82, 2.24) is 9.55 Å². The Hall–Kier alpha value is -4.77. The average molecular weight is 570 g/mol. The van der Waals surface area contributed by atoms with Gasteiger partial charge in [-0.25, -0.2) is 4.98 Å². The molecule has 43 heavy (non-hydrogen) atoms. The second-order valence-corrected chi connectivity index (χ2v) is 12.3. The Morgan fingerprint density at radius 1 is 0.814 bits per heavy atom. The van der Waals surface area contributed by atoms with Gasteiger partial charge in [0.2, 0.25) is 0 Å². The first-order valence-electron chi connectivity index (χ1n) is 16.4. The maximum absolute atomic E-state index is 8.32. The van der Waals surface area contributed by atoms with Gasteiger partial charge in [-0.05, 0) is 78.9 Å². The monoisotopic (exact) mass is 569 g/mol. The smallest absolute Gasteiger partial charge is 0.137 e. The van der Waals surface area contributed by atoms with E-state index in [1.54, 1.807) is 4.90 Å². The number of fused-ring (bicyclic) bond motifs is 4. The van der Waals surface area contributed by atoms with Crippen LogP contribution in [-0.2, 0) is 5.41 Å². The molecule has 3 heterocycles. The van der Waals surface area contributed by atoms with E-state index >= 15 is 0 Å². The zero-order chi connectivity index (χ0) is 32.4. The fourth-order valence-electron chi connectivity index (χ4n) is 6.33. The maximum Gasteiger partial charge on any atom is 0.137 e. The molecule has 5 heteroatoms. The van der Waals surface area contributed by atoms with Gasteiger partial charge < -0.3 is 14.5 Å². The fourth-order valence-corrected chi connectivity index (χ4v) is 6.33. The van der Waals surface area contributed by atoms with Gasteiger partial charge >= 0.3 is 0 Å². The van der Waals surface area contributed by atoms with Crippen molar-refractivity contribution in [2.45, 2.75) is 52.6 Å². The van der Waals surface area contributed by atoms with Crippen LogP contribution in [0.4, 0.5) is 17.1 Å². The van der Waals surface area contributed by atoms with E-state index in [1.807, 2.05) is 68.6 Å². The number of rotatable bonds is 5. The van der Waals surface area contributed by atoms with Crippen LogP contribution in [0.25, 0.3) is 27.6 Å². The highest BCUT2D eigenvalue weighted by atomic mass is 16.5. The zero-order valence-corrected chi connectivity index (χ0v) is 25.3. The number of hydrogen-bond donors (Lipinski definition) is 0. The summed E-state index contributed by atoms with van der Waals surface area (Å²) in [5.74, 6) is 2.29. The molecule has 1 aliphatic rings. The number of benzene rings is 4. The third kappa shape index (κ3) is 4.42. The Kier molecular flexibility index (Phi) is 5.63. The number of anilines is 3. The van der Waals surface area contributed by atoms with Gasteiger partial charge in [-0.1, -0.05) is 64.1 Å². The van der Waals surface area contributed by atoms with Gasteiger partial charge in [0, 0.05) is 45.4 Å². The summed E-state index contributed by atoms with van der Waals surface area (Å²) in [4.78, 5) is 8.51. The highest BCUT2D eigenvalue weighted by Gasteiger charge is 2.34. The van der Waals surface area contributed by atoms with Gasteiger partial charge in [-0.15, -0.1) is 0 Å². The molecule has 1 aliphatic heterocycles. The Morgan fingerprint density at radius 2 is 1.56 bits per heavy atom. The van der Waals surface area contributed by atoms with Gasteiger partial charge in [-0.2, -0.15) is 0 Å². The molecule has 0 bridgehead atoms. The van der Waals surface area contributed by atoms with E-state index in [0.29, 0.717) is 23.6 Å². The summed E-state index contributed by atoms with van der Waals surface area (Å²) < 4.78 is 33.8. The quantitative estimate of drug-likeness (QED) is 0.207. The molecule has 1 unspecified atom stereocenters. The largest absolute Gasteiger partial charge is 0.457 e. The molecule has 2 aromatic heterocycles. The molecule has 216 valence electrons. The SMILES string of the molecule is [2H]C([2H])([2H])N1c2ccccc2N(c2cccc(Oc3ccc4c5ccccc5n(-c5cc(C(C)(C)C)ccn5)c4c3)c2C)C1CC. The summed E-state index contributed by atoms with van der Waals surface area (Å²) in [6.45, 7) is 8.43. The molecule has 4 aromatic carbocycles. The highest BCUT2D eigenvalue weighted by molar-refractivity contribution is 6.09. The van der Waals surface area contributed by atoms with Crippen molar-refractivity contribution in [2.75, 3.05) is 16.8 Å². The topological polar surface area (TPSA) is 33.5 Å². The second kappa shape index (κ2) is 10.2. The summed E-state index contributed by atoms with van der Waals surface area (Å²) in [6, 6.07) is 32.6. The molecule has 0 amide bonds. The van der Waals surface area contributed by atoms with Crippen LogP contribution in [0.2, 0.25) is 0 Å². The van der Waals surface area contributed by atoms with Crippen LogP contribution in [0, 0.1) is 6.92 Å². The van der Waals surface area contributed by atoms with E-state index in [4.69, 9.17) is 13.8 Å². The average Bonchev–Trinajstić information content (AvgIpc) is 3.54. The fraction of sp³-hybridized carbons (Fsp3) is 0.237. The molecule has 0 saturated heterocycles. The molecule has 0 aliphatic carbocycles. The standard InChI is InChI=1S/C38H38N4O/c1-7-37-40(6)32-15-10-11-16-33(32)42(37)30-17-12-18-35(25(30)2)43-27-19-20-29-28-13-8-9-14-31(28)41(34(29)24-27)36-23-26(21-22-39-36)38(3,4)5/h8-24,37H,7H2,1-6H3/i6D3. The van der Waals surface area contributed by atoms with E-state index in [9.17, 15) is 0 Å². The first kappa shape index (κ1) is 23.8. The minimum atomic E-state index is -2.28. The molecule has 5 nitrogen and oxygen atoms in total. The normalized spacial score (nSPS) is 16.3. The summed E-state index contributed by atoms with van der Waals surface area (Å²) in [5.41, 5.74) is 6.74. The minimum Gasteiger partial charge on any atom is -0.457 e. The van der Waals surface area contributed by atoms with Crippen molar-refractivity contribution >= 4 is 38.9 Å². The van der Waals surface area contributed by atoms with Crippen molar-refractivity contribution in [3.8, 4) is 17.3 Å². The molecule has 6 aromatic rings. The maximum atomic E-state index is 8.32. The predicted molar refractivity (Wildman–Crippen MR) is 180 cm³/mol. The third-order valence-electron chi connectivity index (χ3n) is 8.59. The van der Waals surface area contributed by atoms with E-state index < -0.39 is 6.98 Å². The number of ether oxygens (including phenoxy) is 1. The second-order valence-electron chi connectivity index (χ2n) is 12.3. The number of nitrogens with zero attached hydrogens (tertiary/aromatic N) is 4. The summed E-state index contributed by atoms with van der Waals surface area (Å²) >= 11 is 0. The lowest BCUT2D eigenvalue weighted by molar-refractivity contribution is 0.479.